The van der Waals surface area contributed by atoms with E-state index in [9.17, 15) is 8.78 Å². The Morgan fingerprint density at radius 2 is 2.06 bits per heavy atom. The molecule has 0 aliphatic heterocycles. The number of hydrogen-bond donors (Lipinski definition) is 0. The summed E-state index contributed by atoms with van der Waals surface area (Å²) >= 11 is 5.55. The van der Waals surface area contributed by atoms with Crippen LogP contribution < -0.4 is 4.74 Å². The Hall–Kier alpha value is -1.75. The summed E-state index contributed by atoms with van der Waals surface area (Å²) in [5.41, 5.74) is -0.215. The fourth-order valence-corrected chi connectivity index (χ4v) is 1.52. The Balaban J connectivity index is 2.64. The van der Waals surface area contributed by atoms with Crippen LogP contribution in [0, 0.1) is 11.6 Å². The van der Waals surface area contributed by atoms with Gasteiger partial charge in [0, 0.05) is 5.56 Å². The van der Waals surface area contributed by atoms with Crippen molar-refractivity contribution in [3.63, 3.8) is 0 Å². The number of aromatic nitrogens is 2. The monoisotopic (exact) mass is 256 g/mol. The number of methoxy groups -OCH3 is 1. The van der Waals surface area contributed by atoms with Gasteiger partial charge in [-0.15, -0.1) is 0 Å². The van der Waals surface area contributed by atoms with E-state index in [0.29, 0.717) is 0 Å². The molecule has 88 valence electrons. The van der Waals surface area contributed by atoms with Crippen LogP contribution in [0.1, 0.15) is 0 Å². The van der Waals surface area contributed by atoms with Gasteiger partial charge in [-0.3, -0.25) is 0 Å². The third-order valence-electron chi connectivity index (χ3n) is 2.15. The van der Waals surface area contributed by atoms with Crippen molar-refractivity contribution in [3.8, 4) is 17.0 Å². The van der Waals surface area contributed by atoms with Crippen molar-refractivity contribution < 1.29 is 13.5 Å². The molecule has 17 heavy (non-hydrogen) atoms. The van der Waals surface area contributed by atoms with Crippen LogP contribution in [0.5, 0.6) is 5.75 Å². The van der Waals surface area contributed by atoms with Crippen molar-refractivity contribution in [2.75, 3.05) is 7.11 Å². The summed E-state index contributed by atoms with van der Waals surface area (Å²) in [5, 5.41) is -0.149. The molecular weight excluding hydrogens is 250 g/mol. The molecule has 1 aromatic heterocycles. The molecule has 0 saturated heterocycles. The van der Waals surface area contributed by atoms with E-state index in [1.165, 1.54) is 25.3 Å². The molecular formula is C11H7ClF2N2O. The second-order valence-electron chi connectivity index (χ2n) is 3.16. The van der Waals surface area contributed by atoms with E-state index in [0.717, 1.165) is 6.20 Å². The number of halogens is 3. The summed E-state index contributed by atoms with van der Waals surface area (Å²) in [4.78, 5) is 7.13. The second-order valence-corrected chi connectivity index (χ2v) is 3.50. The Bertz CT molecular complexity index is 563. The van der Waals surface area contributed by atoms with E-state index in [1.54, 1.807) is 0 Å². The maximum Gasteiger partial charge on any atom is 0.223 e. The summed E-state index contributed by atoms with van der Waals surface area (Å²) in [6, 6.07) is 4.35. The van der Waals surface area contributed by atoms with Gasteiger partial charge in [0.15, 0.2) is 17.4 Å². The van der Waals surface area contributed by atoms with Crippen molar-refractivity contribution in [2.45, 2.75) is 0 Å². The minimum absolute atomic E-state index is 0.0108. The van der Waals surface area contributed by atoms with Crippen LogP contribution in [0.15, 0.2) is 24.4 Å². The molecule has 0 aliphatic rings. The average Bonchev–Trinajstić information content (AvgIpc) is 2.33. The van der Waals surface area contributed by atoms with Crippen LogP contribution in [0.25, 0.3) is 11.3 Å². The molecule has 0 radical (unpaired) electrons. The van der Waals surface area contributed by atoms with Gasteiger partial charge in [0.05, 0.1) is 13.3 Å². The molecule has 0 N–H and O–H groups in total. The molecule has 0 amide bonds. The van der Waals surface area contributed by atoms with Crippen LogP contribution >= 0.6 is 11.6 Å². The van der Waals surface area contributed by atoms with Gasteiger partial charge >= 0.3 is 0 Å². The molecule has 0 atom stereocenters. The summed E-state index contributed by atoms with van der Waals surface area (Å²) in [7, 11) is 1.32. The van der Waals surface area contributed by atoms with E-state index in [1.807, 2.05) is 0 Å². The molecule has 3 nitrogen and oxygen atoms in total. The van der Waals surface area contributed by atoms with E-state index in [4.69, 9.17) is 16.3 Å². The first-order valence-corrected chi connectivity index (χ1v) is 5.02. The number of ether oxygens (including phenoxy) is 1. The highest BCUT2D eigenvalue weighted by Crippen LogP contribution is 2.29. The molecule has 1 aromatic carbocycles. The minimum Gasteiger partial charge on any atom is -0.494 e. The van der Waals surface area contributed by atoms with Crippen molar-refractivity contribution in [1.29, 1.82) is 0 Å². The lowest BCUT2D eigenvalue weighted by molar-refractivity contribution is 0.387. The third-order valence-corrected chi connectivity index (χ3v) is 2.34. The van der Waals surface area contributed by atoms with Crippen molar-refractivity contribution >= 4 is 11.6 Å². The molecule has 2 aromatic rings. The summed E-state index contributed by atoms with van der Waals surface area (Å²) in [6.07, 6.45) is 0.892. The highest BCUT2D eigenvalue weighted by atomic mass is 35.5. The lowest BCUT2D eigenvalue weighted by Gasteiger charge is -2.07. The maximum absolute atomic E-state index is 13.9. The first kappa shape index (κ1) is 11.7. The van der Waals surface area contributed by atoms with Gasteiger partial charge in [0.1, 0.15) is 5.69 Å². The highest BCUT2D eigenvalue weighted by Gasteiger charge is 2.16. The predicted octanol–water partition coefficient (Wildman–Crippen LogP) is 3.08. The summed E-state index contributed by atoms with van der Waals surface area (Å²) in [5.74, 6) is -1.43. The van der Waals surface area contributed by atoms with Gasteiger partial charge in [0.25, 0.3) is 0 Å². The highest BCUT2D eigenvalue weighted by molar-refractivity contribution is 6.28. The van der Waals surface area contributed by atoms with Gasteiger partial charge in [0.2, 0.25) is 5.28 Å². The van der Waals surface area contributed by atoms with Crippen molar-refractivity contribution in [2.24, 2.45) is 0 Å². The summed E-state index contributed by atoms with van der Waals surface area (Å²) in [6.45, 7) is 0. The first-order chi connectivity index (χ1) is 8.13. The van der Waals surface area contributed by atoms with Crippen LogP contribution in [0.3, 0.4) is 0 Å². The number of benzene rings is 1. The quantitative estimate of drug-likeness (QED) is 0.775. The number of hydrogen-bond acceptors (Lipinski definition) is 3. The lowest BCUT2D eigenvalue weighted by atomic mass is 10.1. The molecule has 0 saturated carbocycles. The summed E-state index contributed by atoms with van der Waals surface area (Å²) < 4.78 is 32.2. The van der Waals surface area contributed by atoms with Crippen LogP contribution in [0.4, 0.5) is 8.78 Å². The Kier molecular flexibility index (Phi) is 3.19. The minimum atomic E-state index is -0.749. The Labute approximate surface area is 101 Å². The van der Waals surface area contributed by atoms with E-state index >= 15 is 0 Å². The smallest absolute Gasteiger partial charge is 0.223 e. The largest absolute Gasteiger partial charge is 0.494 e. The SMILES string of the molecule is COc1cccc(-c2nc(Cl)ncc2F)c1F. The lowest BCUT2D eigenvalue weighted by Crippen LogP contribution is -1.97. The maximum atomic E-state index is 13.9. The molecule has 0 unspecified atom stereocenters. The molecule has 6 heteroatoms. The van der Waals surface area contributed by atoms with Gasteiger partial charge in [-0.05, 0) is 23.7 Å². The van der Waals surface area contributed by atoms with Gasteiger partial charge in [-0.1, -0.05) is 6.07 Å². The standard InChI is InChI=1S/C11H7ClF2N2O/c1-17-8-4-2-3-6(9(8)14)10-7(13)5-15-11(12)16-10/h2-5H,1H3. The van der Waals surface area contributed by atoms with E-state index in [-0.39, 0.29) is 22.3 Å². The van der Waals surface area contributed by atoms with Crippen LogP contribution in [-0.4, -0.2) is 17.1 Å². The fourth-order valence-electron chi connectivity index (χ4n) is 1.39. The Morgan fingerprint density at radius 1 is 1.29 bits per heavy atom. The van der Waals surface area contributed by atoms with Crippen molar-refractivity contribution in [3.05, 3.63) is 41.3 Å². The van der Waals surface area contributed by atoms with Gasteiger partial charge in [-0.2, -0.15) is 0 Å². The zero-order chi connectivity index (χ0) is 12.4. The fraction of sp³-hybridized carbons (Fsp3) is 0.0909. The van der Waals surface area contributed by atoms with Crippen LogP contribution in [-0.2, 0) is 0 Å². The molecule has 0 bridgehead atoms. The first-order valence-electron chi connectivity index (χ1n) is 4.64. The normalized spacial score (nSPS) is 10.4. The average molecular weight is 257 g/mol. The van der Waals surface area contributed by atoms with E-state index in [2.05, 4.69) is 9.97 Å². The molecule has 1 heterocycles. The number of rotatable bonds is 2. The van der Waals surface area contributed by atoms with Crippen LogP contribution in [0.2, 0.25) is 5.28 Å². The molecule has 2 rings (SSSR count). The number of nitrogens with zero attached hydrogens (tertiary/aromatic N) is 2. The molecule has 0 fully saturated rings. The zero-order valence-electron chi connectivity index (χ0n) is 8.75. The molecule has 0 spiro atoms. The topological polar surface area (TPSA) is 35.0 Å². The second kappa shape index (κ2) is 4.63. The molecule has 0 aliphatic carbocycles. The predicted molar refractivity (Wildman–Crippen MR) is 58.9 cm³/mol. The Morgan fingerprint density at radius 3 is 2.76 bits per heavy atom. The third kappa shape index (κ3) is 2.19. The van der Waals surface area contributed by atoms with Gasteiger partial charge < -0.3 is 4.74 Å². The zero-order valence-corrected chi connectivity index (χ0v) is 9.50. The van der Waals surface area contributed by atoms with E-state index < -0.39 is 11.6 Å². The van der Waals surface area contributed by atoms with Crippen molar-refractivity contribution in [1.82, 2.24) is 9.97 Å². The van der Waals surface area contributed by atoms with Gasteiger partial charge in [-0.25, -0.2) is 18.7 Å².